The van der Waals surface area contributed by atoms with Crippen LogP contribution in [0, 0.1) is 17.6 Å². The number of nitrogens with zero attached hydrogens (tertiary/aromatic N) is 2. The SMILES string of the molecule is C[C@@H]1NC(=O)[C@@H]2CCCN2C(=O)[C@H](Cc2c[nH]c3ccc(F)cc23)NC(=O)[C@H](Cc2c[nH]c3ccc(F)cc23)NC(=O)CNC(=O)[C@@H](C)NC(=O)CCSCc2cccc(c2)CSCCNC(=O)C23CC2CCN3C(=O)[C@H](Cc2ccc(O)cc2)NC1=O. The third-order valence-corrected chi connectivity index (χ3v) is 18.9. The maximum Gasteiger partial charge on any atom is 0.246 e. The van der Waals surface area contributed by atoms with Gasteiger partial charge in [0.05, 0.1) is 6.54 Å². The number of amides is 9. The van der Waals surface area contributed by atoms with Crippen molar-refractivity contribution in [2.45, 2.75) is 119 Å². The van der Waals surface area contributed by atoms with Gasteiger partial charge in [0.25, 0.3) is 0 Å². The maximum absolute atomic E-state index is 15.2. The van der Waals surface area contributed by atoms with Crippen molar-refractivity contribution in [3.05, 3.63) is 137 Å². The van der Waals surface area contributed by atoms with Crippen LogP contribution in [0.2, 0.25) is 0 Å². The number of rotatable bonds is 6. The summed E-state index contributed by atoms with van der Waals surface area (Å²) in [5, 5.41) is 30.2. The molecule has 2 bridgehead atoms. The lowest BCUT2D eigenvalue weighted by Gasteiger charge is -2.32. The molecule has 88 heavy (non-hydrogen) atoms. The zero-order valence-electron chi connectivity index (χ0n) is 48.7. The first-order valence-corrected chi connectivity index (χ1v) is 31.8. The number of fused-ring (bicyclic) bond motifs is 5. The Bertz CT molecular complexity index is 3640. The summed E-state index contributed by atoms with van der Waals surface area (Å²) in [4.78, 5) is 137. The van der Waals surface area contributed by atoms with Crippen molar-refractivity contribution in [1.82, 2.24) is 57.0 Å². The fourth-order valence-electron chi connectivity index (χ4n) is 12.1. The van der Waals surface area contributed by atoms with Gasteiger partial charge >= 0.3 is 0 Å². The van der Waals surface area contributed by atoms with Crippen LogP contribution in [0.1, 0.15) is 73.8 Å². The summed E-state index contributed by atoms with van der Waals surface area (Å²) in [5.41, 5.74) is 3.54. The molecule has 21 nitrogen and oxygen atoms in total. The van der Waals surface area contributed by atoms with Gasteiger partial charge in [0, 0.05) is 103 Å². The summed E-state index contributed by atoms with van der Waals surface area (Å²) in [6.07, 6.45) is 4.28. The summed E-state index contributed by atoms with van der Waals surface area (Å²) >= 11 is 3.19. The van der Waals surface area contributed by atoms with E-state index in [1.807, 2.05) is 18.2 Å². The minimum atomic E-state index is -1.47. The Balaban J connectivity index is 0.915. The van der Waals surface area contributed by atoms with Crippen molar-refractivity contribution in [2.75, 3.05) is 37.7 Å². The number of H-pyrrole nitrogens is 2. The first-order valence-electron chi connectivity index (χ1n) is 29.5. The molecule has 3 aliphatic heterocycles. The second-order valence-electron chi connectivity index (χ2n) is 23.0. The zero-order valence-corrected chi connectivity index (χ0v) is 50.3. The fraction of sp³-hybridized carbons (Fsp3) is 0.413. The molecule has 10 rings (SSSR count). The molecule has 4 aliphatic rings. The van der Waals surface area contributed by atoms with Crippen LogP contribution in [0.15, 0.2) is 97.3 Å². The lowest BCUT2D eigenvalue weighted by atomic mass is 10.0. The van der Waals surface area contributed by atoms with Gasteiger partial charge < -0.3 is 62.1 Å². The van der Waals surface area contributed by atoms with Crippen molar-refractivity contribution < 1.29 is 57.0 Å². The molecule has 4 aromatic carbocycles. The Morgan fingerprint density at radius 2 is 1.23 bits per heavy atom. The van der Waals surface area contributed by atoms with Crippen molar-refractivity contribution in [1.29, 1.82) is 0 Å². The average Bonchev–Trinajstić information content (AvgIpc) is 1.55. The number of carbonyl (C=O) groups excluding carboxylic acids is 9. The summed E-state index contributed by atoms with van der Waals surface area (Å²) in [5.74, 6) is -4.53. The number of hydrogen-bond donors (Lipinski definition) is 10. The third-order valence-electron chi connectivity index (χ3n) is 16.8. The van der Waals surface area contributed by atoms with Gasteiger partial charge in [-0.15, -0.1) is 0 Å². The van der Waals surface area contributed by atoms with Crippen molar-refractivity contribution in [3.63, 3.8) is 0 Å². The second-order valence-corrected chi connectivity index (χ2v) is 25.2. The molecule has 5 heterocycles. The van der Waals surface area contributed by atoms with Gasteiger partial charge in [0.15, 0.2) is 0 Å². The molecule has 2 saturated heterocycles. The molecule has 25 heteroatoms. The van der Waals surface area contributed by atoms with Gasteiger partial charge in [0.1, 0.15) is 59.2 Å². The van der Waals surface area contributed by atoms with Crippen molar-refractivity contribution in [2.24, 2.45) is 5.92 Å². The van der Waals surface area contributed by atoms with Gasteiger partial charge in [-0.25, -0.2) is 8.78 Å². The number of thioether (sulfide) groups is 2. The second kappa shape index (κ2) is 27.7. The number of aromatic hydroxyl groups is 1. The monoisotopic (exact) mass is 1240 g/mol. The van der Waals surface area contributed by atoms with E-state index >= 15 is 4.79 Å². The molecule has 464 valence electrons. The van der Waals surface area contributed by atoms with Crippen LogP contribution in [-0.2, 0) is 73.9 Å². The van der Waals surface area contributed by atoms with E-state index in [-0.39, 0.29) is 68.7 Å². The standard InChI is InChI=1S/C63H71F2N11O10S2/c1-35-56(80)69-32-55(79)72-50(25-40-30-67-48-14-10-43(64)27-46(40)48)58(82)74-52(26-41-31-68-49-15-11-44(65)28-47(41)49)60(84)75-19-4-7-53(75)59(83)71-36(2)57(81)73-51(24-37-8-12-45(77)13-9-37)61(85)76-20-16-42-29-63(42,76)62(86)66-18-22-88-34-39-6-3-5-38(23-39)33-87-21-17-54(78)70-35/h3,5-6,8-15,23,27-28,30-31,35-36,42,50-53,67-68,77H,4,7,16-22,24-26,29,32-34H2,1-2H3,(H,66,86)(H,69,80)(H,70,78)(H,71,83)(H,72,79)(H,73,81)(H,74,82)/t35-,36+,42?,50+,51+,52+,53+,63?/m1/s1. The molecule has 0 radical (unpaired) electrons. The highest BCUT2D eigenvalue weighted by molar-refractivity contribution is 7.98. The first kappa shape index (κ1) is 62.6. The lowest BCUT2D eigenvalue weighted by molar-refractivity contribution is -0.144. The lowest BCUT2D eigenvalue weighted by Crippen LogP contribution is -2.60. The normalized spacial score (nSPS) is 25.5. The molecule has 2 unspecified atom stereocenters. The molecule has 10 N–H and O–H groups in total. The van der Waals surface area contributed by atoms with Gasteiger partial charge in [0.2, 0.25) is 53.2 Å². The molecule has 2 aromatic heterocycles. The quantitative estimate of drug-likeness (QED) is 0.114. The fourth-order valence-corrected chi connectivity index (χ4v) is 13.8. The molecular weight excluding hydrogens is 1170 g/mol. The third kappa shape index (κ3) is 14.7. The van der Waals surface area contributed by atoms with Gasteiger partial charge in [-0.05, 0) is 122 Å². The number of benzene rings is 4. The molecular formula is C63H71F2N11O10S2. The van der Waals surface area contributed by atoms with Crippen LogP contribution < -0.4 is 37.2 Å². The van der Waals surface area contributed by atoms with Crippen LogP contribution in [0.25, 0.3) is 21.8 Å². The van der Waals surface area contributed by atoms with E-state index in [1.54, 1.807) is 53.0 Å². The van der Waals surface area contributed by atoms with Crippen LogP contribution >= 0.6 is 23.5 Å². The van der Waals surface area contributed by atoms with E-state index in [2.05, 4.69) is 53.3 Å². The molecule has 1 spiro atoms. The summed E-state index contributed by atoms with van der Waals surface area (Å²) < 4.78 is 29.5. The molecule has 1 saturated carbocycles. The Hall–Kier alpha value is -8.45. The maximum atomic E-state index is 15.2. The van der Waals surface area contributed by atoms with Crippen LogP contribution in [0.3, 0.4) is 0 Å². The van der Waals surface area contributed by atoms with E-state index in [9.17, 15) is 52.2 Å². The highest BCUT2D eigenvalue weighted by Crippen LogP contribution is 2.56. The minimum Gasteiger partial charge on any atom is -0.508 e. The Kier molecular flexibility index (Phi) is 19.7. The van der Waals surface area contributed by atoms with E-state index < -0.39 is 101 Å². The van der Waals surface area contributed by atoms with E-state index in [1.165, 1.54) is 67.3 Å². The first-order chi connectivity index (χ1) is 42.3. The highest BCUT2D eigenvalue weighted by Gasteiger charge is 2.68. The number of hydrogen-bond acceptors (Lipinski definition) is 12. The predicted molar refractivity (Wildman–Crippen MR) is 328 cm³/mol. The van der Waals surface area contributed by atoms with Crippen LogP contribution in [-0.4, -0.2) is 158 Å². The molecule has 1 aliphatic carbocycles. The number of piperidine rings is 1. The minimum absolute atomic E-state index is 0.00403. The number of halogens is 2. The summed E-state index contributed by atoms with van der Waals surface area (Å²) in [7, 11) is 0. The number of aromatic nitrogens is 2. The molecule has 8 atom stereocenters. The molecule has 9 amide bonds. The van der Waals surface area contributed by atoms with E-state index in [4.69, 9.17) is 0 Å². The summed E-state index contributed by atoms with van der Waals surface area (Å²) in [6.45, 7) is 2.95. The molecule has 6 aromatic rings. The topological polar surface area (TPSA) is 296 Å². The Morgan fingerprint density at radius 3 is 1.90 bits per heavy atom. The number of nitrogens with one attached hydrogen (secondary N) is 9. The Morgan fingerprint density at radius 1 is 0.602 bits per heavy atom. The van der Waals surface area contributed by atoms with Crippen LogP contribution in [0.5, 0.6) is 5.75 Å². The van der Waals surface area contributed by atoms with E-state index in [0.29, 0.717) is 87.3 Å². The van der Waals surface area contributed by atoms with Crippen molar-refractivity contribution in [3.8, 4) is 5.75 Å². The van der Waals surface area contributed by atoms with Crippen molar-refractivity contribution >= 4 is 98.5 Å². The van der Waals surface area contributed by atoms with Crippen LogP contribution in [0.4, 0.5) is 8.78 Å². The smallest absolute Gasteiger partial charge is 0.246 e. The predicted octanol–water partition coefficient (Wildman–Crippen LogP) is 3.91. The number of carbonyl (C=O) groups is 9. The van der Waals surface area contributed by atoms with Gasteiger partial charge in [-0.1, -0.05) is 36.4 Å². The van der Waals surface area contributed by atoms with Gasteiger partial charge in [-0.3, -0.25) is 43.2 Å². The highest BCUT2D eigenvalue weighted by atomic mass is 32.2. The Labute approximate surface area is 514 Å². The van der Waals surface area contributed by atoms with Gasteiger partial charge in [-0.2, -0.15) is 23.5 Å². The molecule has 3 fully saturated rings. The zero-order chi connectivity index (χ0) is 62.2. The largest absolute Gasteiger partial charge is 0.508 e. The number of phenolic OH excluding ortho intramolecular Hbond substituents is 1. The average molecular weight is 1240 g/mol. The number of aromatic amines is 2. The number of phenols is 1. The summed E-state index contributed by atoms with van der Waals surface area (Å²) in [6, 6.07) is 14.7. The van der Waals surface area contributed by atoms with E-state index in [0.717, 1.165) is 11.1 Å².